The summed E-state index contributed by atoms with van der Waals surface area (Å²) in [6, 6.07) is 12.0. The van der Waals surface area contributed by atoms with Gasteiger partial charge in [0.15, 0.2) is 5.78 Å². The smallest absolute Gasteiger partial charge is 0.273 e. The maximum Gasteiger partial charge on any atom is 0.273 e. The van der Waals surface area contributed by atoms with Gasteiger partial charge in [0.05, 0.1) is 16.8 Å². The Morgan fingerprint density at radius 1 is 0.939 bits per heavy atom. The van der Waals surface area contributed by atoms with E-state index in [2.05, 4.69) is 0 Å². The molecule has 9 nitrogen and oxygen atoms in total. The highest BCUT2D eigenvalue weighted by molar-refractivity contribution is 6.10. The van der Waals surface area contributed by atoms with Crippen molar-refractivity contribution in [1.29, 1.82) is 0 Å². The Bertz CT molecular complexity index is 1090. The number of nitro benzene ring substituents is 1. The van der Waals surface area contributed by atoms with Crippen molar-refractivity contribution in [1.82, 2.24) is 10.0 Å². The average Bonchev–Trinajstić information content (AvgIpc) is 3.09. The number of carbonyl (C=O) groups is 4. The van der Waals surface area contributed by atoms with E-state index in [1.165, 1.54) is 31.2 Å². The van der Waals surface area contributed by atoms with Crippen molar-refractivity contribution >= 4 is 29.2 Å². The molecule has 3 atom stereocenters. The number of benzene rings is 2. The SMILES string of the molecule is C[C@H](C(=O)c1ccccc1)N(C(=O)c1ccc([N+](=O)[O-])cc1)N1C(=O)[C@H]2CCCC[C@@H]2C1=O. The summed E-state index contributed by atoms with van der Waals surface area (Å²) in [4.78, 5) is 63.6. The number of ketones is 1. The lowest BCUT2D eigenvalue weighted by Gasteiger charge is -2.34. The van der Waals surface area contributed by atoms with Gasteiger partial charge in [0.2, 0.25) is 0 Å². The van der Waals surface area contributed by atoms with Gasteiger partial charge in [-0.3, -0.25) is 29.3 Å². The molecule has 2 fully saturated rings. The summed E-state index contributed by atoms with van der Waals surface area (Å²) in [6.45, 7) is 1.47. The zero-order valence-electron chi connectivity index (χ0n) is 18.0. The molecule has 9 heteroatoms. The number of Topliss-reactive ketones (excluding diaryl/α,β-unsaturated/α-hetero) is 1. The van der Waals surface area contributed by atoms with E-state index in [4.69, 9.17) is 0 Å². The van der Waals surface area contributed by atoms with Gasteiger partial charge in [-0.15, -0.1) is 0 Å². The van der Waals surface area contributed by atoms with Gasteiger partial charge in [0, 0.05) is 23.3 Å². The summed E-state index contributed by atoms with van der Waals surface area (Å²) < 4.78 is 0. The third-order valence-electron chi connectivity index (χ3n) is 6.37. The number of nitro groups is 1. The molecule has 1 heterocycles. The largest absolute Gasteiger partial charge is 0.292 e. The maximum atomic E-state index is 13.5. The van der Waals surface area contributed by atoms with Crippen molar-refractivity contribution in [2.24, 2.45) is 11.8 Å². The first-order valence-electron chi connectivity index (χ1n) is 10.9. The summed E-state index contributed by atoms with van der Waals surface area (Å²) in [5, 5.41) is 12.8. The summed E-state index contributed by atoms with van der Waals surface area (Å²) >= 11 is 0. The van der Waals surface area contributed by atoms with Crippen LogP contribution in [-0.2, 0) is 9.59 Å². The summed E-state index contributed by atoms with van der Waals surface area (Å²) in [7, 11) is 0. The number of hydrazine groups is 1. The van der Waals surface area contributed by atoms with Crippen LogP contribution < -0.4 is 0 Å². The molecule has 2 aromatic carbocycles. The lowest BCUT2D eigenvalue weighted by Crippen LogP contribution is -2.56. The topological polar surface area (TPSA) is 118 Å². The molecule has 0 N–H and O–H groups in total. The Kier molecular flexibility index (Phi) is 6.04. The normalized spacial score (nSPS) is 20.8. The molecule has 0 radical (unpaired) electrons. The second-order valence-electron chi connectivity index (χ2n) is 8.35. The molecule has 0 aromatic heterocycles. The number of amides is 3. The van der Waals surface area contributed by atoms with Crippen molar-refractivity contribution in [3.8, 4) is 0 Å². The highest BCUT2D eigenvalue weighted by Gasteiger charge is 2.53. The quantitative estimate of drug-likeness (QED) is 0.289. The van der Waals surface area contributed by atoms with Gasteiger partial charge >= 0.3 is 0 Å². The molecule has 0 unspecified atom stereocenters. The third kappa shape index (κ3) is 4.02. The number of carbonyl (C=O) groups excluding carboxylic acids is 4. The first-order chi connectivity index (χ1) is 15.8. The van der Waals surface area contributed by atoms with Gasteiger partial charge < -0.3 is 0 Å². The van der Waals surface area contributed by atoms with E-state index >= 15 is 0 Å². The zero-order valence-corrected chi connectivity index (χ0v) is 18.0. The van der Waals surface area contributed by atoms with Crippen LogP contribution in [-0.4, -0.2) is 44.5 Å². The van der Waals surface area contributed by atoms with Crippen LogP contribution in [0, 0.1) is 22.0 Å². The van der Waals surface area contributed by atoms with Crippen molar-refractivity contribution in [2.75, 3.05) is 0 Å². The number of non-ortho nitro benzene ring substituents is 1. The van der Waals surface area contributed by atoms with Crippen LogP contribution >= 0.6 is 0 Å². The van der Waals surface area contributed by atoms with Crippen LogP contribution in [0.5, 0.6) is 0 Å². The number of imide groups is 1. The molecule has 4 rings (SSSR count). The van der Waals surface area contributed by atoms with Crippen LogP contribution in [0.3, 0.4) is 0 Å². The minimum absolute atomic E-state index is 0.0313. The third-order valence-corrected chi connectivity index (χ3v) is 6.37. The van der Waals surface area contributed by atoms with E-state index in [9.17, 15) is 29.3 Å². The summed E-state index contributed by atoms with van der Waals surface area (Å²) in [6.07, 6.45) is 2.77. The van der Waals surface area contributed by atoms with Gasteiger partial charge in [0.25, 0.3) is 23.4 Å². The minimum Gasteiger partial charge on any atom is -0.292 e. The molecule has 33 heavy (non-hydrogen) atoms. The fourth-order valence-electron chi connectivity index (χ4n) is 4.61. The monoisotopic (exact) mass is 449 g/mol. The first-order valence-corrected chi connectivity index (χ1v) is 10.9. The van der Waals surface area contributed by atoms with Crippen molar-refractivity contribution < 1.29 is 24.1 Å². The maximum absolute atomic E-state index is 13.5. The number of rotatable bonds is 6. The van der Waals surface area contributed by atoms with Crippen LogP contribution in [0.1, 0.15) is 53.3 Å². The summed E-state index contributed by atoms with van der Waals surface area (Å²) in [5.41, 5.74) is 0.164. The van der Waals surface area contributed by atoms with E-state index in [-0.39, 0.29) is 11.3 Å². The number of nitrogens with zero attached hydrogens (tertiary/aromatic N) is 3. The Morgan fingerprint density at radius 2 is 1.48 bits per heavy atom. The molecular weight excluding hydrogens is 426 g/mol. The van der Waals surface area contributed by atoms with E-state index in [0.717, 1.165) is 22.9 Å². The molecule has 1 aliphatic carbocycles. The molecule has 3 amide bonds. The lowest BCUT2D eigenvalue weighted by molar-refractivity contribution is -0.384. The number of hydrogen-bond acceptors (Lipinski definition) is 6. The molecule has 170 valence electrons. The van der Waals surface area contributed by atoms with E-state index in [1.54, 1.807) is 30.3 Å². The van der Waals surface area contributed by atoms with Gasteiger partial charge in [0.1, 0.15) is 6.04 Å². The standard InChI is InChI=1S/C24H23N3O6/c1-15(21(28)16-7-3-2-4-8-16)25(22(29)17-11-13-18(14-12-17)27(32)33)26-23(30)19-9-5-6-10-20(19)24(26)31/h2-4,7-8,11-15,19-20H,5-6,9-10H2,1H3/t15-,19+,20+/m1/s1. The van der Waals surface area contributed by atoms with E-state index in [0.29, 0.717) is 18.4 Å². The van der Waals surface area contributed by atoms with Gasteiger partial charge in [-0.05, 0) is 31.9 Å². The Hall–Kier alpha value is -3.88. The van der Waals surface area contributed by atoms with Crippen molar-refractivity contribution in [3.05, 3.63) is 75.8 Å². The minimum atomic E-state index is -1.15. The first kappa shape index (κ1) is 22.3. The molecule has 2 aliphatic rings. The average molecular weight is 449 g/mol. The molecule has 0 bridgehead atoms. The second kappa shape index (κ2) is 8.93. The highest BCUT2D eigenvalue weighted by Crippen LogP contribution is 2.39. The second-order valence-corrected chi connectivity index (χ2v) is 8.35. The van der Waals surface area contributed by atoms with Crippen LogP contribution in [0.2, 0.25) is 0 Å². The van der Waals surface area contributed by atoms with Gasteiger partial charge in [-0.2, -0.15) is 5.01 Å². The van der Waals surface area contributed by atoms with Crippen molar-refractivity contribution in [3.63, 3.8) is 0 Å². The van der Waals surface area contributed by atoms with Crippen LogP contribution in [0.4, 0.5) is 5.69 Å². The molecule has 1 aliphatic heterocycles. The predicted octanol–water partition coefficient (Wildman–Crippen LogP) is 3.40. The Balaban J connectivity index is 1.74. The fourth-order valence-corrected chi connectivity index (χ4v) is 4.61. The number of fused-ring (bicyclic) bond motifs is 1. The fraction of sp³-hybridized carbons (Fsp3) is 0.333. The Labute approximate surface area is 190 Å². The van der Waals surface area contributed by atoms with Crippen molar-refractivity contribution in [2.45, 2.75) is 38.6 Å². The van der Waals surface area contributed by atoms with E-state index < -0.39 is 46.3 Å². The zero-order chi connectivity index (χ0) is 23.7. The molecular formula is C24H23N3O6. The Morgan fingerprint density at radius 3 is 2.00 bits per heavy atom. The molecule has 1 saturated heterocycles. The highest BCUT2D eigenvalue weighted by atomic mass is 16.6. The number of hydrogen-bond donors (Lipinski definition) is 0. The molecule has 2 aromatic rings. The molecule has 1 saturated carbocycles. The predicted molar refractivity (Wildman–Crippen MR) is 117 cm³/mol. The molecule has 0 spiro atoms. The van der Waals surface area contributed by atoms with Crippen LogP contribution in [0.25, 0.3) is 0 Å². The lowest BCUT2D eigenvalue weighted by atomic mass is 9.81. The van der Waals surface area contributed by atoms with Crippen LogP contribution in [0.15, 0.2) is 54.6 Å². The summed E-state index contributed by atoms with van der Waals surface area (Å²) in [5.74, 6) is -3.14. The van der Waals surface area contributed by atoms with Gasteiger partial charge in [-0.1, -0.05) is 43.2 Å². The van der Waals surface area contributed by atoms with E-state index in [1.807, 2.05) is 0 Å². The van der Waals surface area contributed by atoms with Gasteiger partial charge in [-0.25, -0.2) is 5.01 Å².